The summed E-state index contributed by atoms with van der Waals surface area (Å²) in [6.45, 7) is 6.11. The van der Waals surface area contributed by atoms with Crippen LogP contribution >= 0.6 is 0 Å². The maximum atomic E-state index is 9.30. The minimum absolute atomic E-state index is 0.0403. The van der Waals surface area contributed by atoms with Crippen LogP contribution in [-0.2, 0) is 0 Å². The van der Waals surface area contributed by atoms with E-state index in [1.807, 2.05) is 6.92 Å². The third-order valence-corrected chi connectivity index (χ3v) is 2.59. The van der Waals surface area contributed by atoms with E-state index < -0.39 is 0 Å². The Balaban J connectivity index is 2.87. The van der Waals surface area contributed by atoms with Crippen LogP contribution in [0.25, 0.3) is 0 Å². The van der Waals surface area contributed by atoms with E-state index in [1.165, 1.54) is 0 Å². The number of nitriles is 1. The van der Waals surface area contributed by atoms with E-state index >= 15 is 0 Å². The van der Waals surface area contributed by atoms with E-state index in [0.29, 0.717) is 17.3 Å². The zero-order chi connectivity index (χ0) is 12.8. The Bertz CT molecular complexity index is 410. The van der Waals surface area contributed by atoms with Gasteiger partial charge in [0.25, 0.3) is 0 Å². The number of nitrogens with one attached hydrogen (secondary N) is 1. The third-order valence-electron chi connectivity index (χ3n) is 2.59. The molecule has 1 atom stereocenters. The van der Waals surface area contributed by atoms with Crippen LogP contribution in [0.4, 0.5) is 5.82 Å². The summed E-state index contributed by atoms with van der Waals surface area (Å²) in [6.07, 6.45) is 2.51. The fraction of sp³-hybridized carbons (Fsp3) is 0.538. The molecule has 0 aliphatic heterocycles. The number of anilines is 1. The highest BCUT2D eigenvalue weighted by atomic mass is 16.3. The Morgan fingerprint density at radius 1 is 1.53 bits per heavy atom. The molecule has 1 aromatic heterocycles. The fourth-order valence-electron chi connectivity index (χ4n) is 1.75. The summed E-state index contributed by atoms with van der Waals surface area (Å²) in [4.78, 5) is 4.16. The van der Waals surface area contributed by atoms with Crippen LogP contribution in [0.1, 0.15) is 31.4 Å². The molecule has 4 nitrogen and oxygen atoms in total. The Labute approximate surface area is 102 Å². The number of hydrogen-bond acceptors (Lipinski definition) is 4. The lowest BCUT2D eigenvalue weighted by molar-refractivity contribution is 0.259. The standard InChI is InChI=1S/C13H19N3O/c1-9(2)6-11(8-17)16-13-12(7-14)10(3)4-5-15-13/h4-5,9,11,17H,6,8H2,1-3H3,(H,15,16). The summed E-state index contributed by atoms with van der Waals surface area (Å²) in [6, 6.07) is 3.89. The van der Waals surface area contributed by atoms with Crippen LogP contribution in [0.3, 0.4) is 0 Å². The van der Waals surface area contributed by atoms with Gasteiger partial charge < -0.3 is 10.4 Å². The topological polar surface area (TPSA) is 68.9 Å². The van der Waals surface area contributed by atoms with Crippen LogP contribution in [0, 0.1) is 24.2 Å². The Morgan fingerprint density at radius 3 is 2.76 bits per heavy atom. The molecule has 0 aromatic carbocycles. The first-order valence-corrected chi connectivity index (χ1v) is 5.81. The van der Waals surface area contributed by atoms with Gasteiger partial charge >= 0.3 is 0 Å². The molecule has 0 spiro atoms. The van der Waals surface area contributed by atoms with Crippen molar-refractivity contribution in [3.05, 3.63) is 23.4 Å². The van der Waals surface area contributed by atoms with Gasteiger partial charge in [0.05, 0.1) is 18.2 Å². The van der Waals surface area contributed by atoms with Crippen molar-refractivity contribution in [1.29, 1.82) is 5.26 Å². The second-order valence-electron chi connectivity index (χ2n) is 4.62. The number of rotatable bonds is 5. The van der Waals surface area contributed by atoms with Crippen molar-refractivity contribution in [2.45, 2.75) is 33.2 Å². The summed E-state index contributed by atoms with van der Waals surface area (Å²) in [5.41, 5.74) is 1.45. The van der Waals surface area contributed by atoms with Crippen molar-refractivity contribution in [3.8, 4) is 6.07 Å². The quantitative estimate of drug-likeness (QED) is 0.817. The second-order valence-corrected chi connectivity index (χ2v) is 4.62. The zero-order valence-electron chi connectivity index (χ0n) is 10.6. The van der Waals surface area contributed by atoms with Crippen molar-refractivity contribution >= 4 is 5.82 Å². The molecule has 2 N–H and O–H groups in total. The van der Waals surface area contributed by atoms with E-state index in [1.54, 1.807) is 12.3 Å². The molecule has 0 saturated heterocycles. The van der Waals surface area contributed by atoms with Crippen molar-refractivity contribution in [2.75, 3.05) is 11.9 Å². The lowest BCUT2D eigenvalue weighted by Gasteiger charge is -2.19. The molecule has 92 valence electrons. The van der Waals surface area contributed by atoms with Gasteiger partial charge in [0.1, 0.15) is 11.9 Å². The van der Waals surface area contributed by atoms with Gasteiger partial charge in [-0.1, -0.05) is 13.8 Å². The Kier molecular flexibility index (Phi) is 4.92. The van der Waals surface area contributed by atoms with Gasteiger partial charge in [-0.15, -0.1) is 0 Å². The maximum absolute atomic E-state index is 9.30. The lowest BCUT2D eigenvalue weighted by Crippen LogP contribution is -2.26. The minimum atomic E-state index is -0.0589. The molecule has 1 unspecified atom stereocenters. The Hall–Kier alpha value is -1.60. The largest absolute Gasteiger partial charge is 0.394 e. The predicted molar refractivity (Wildman–Crippen MR) is 67.6 cm³/mol. The highest BCUT2D eigenvalue weighted by Gasteiger charge is 2.13. The zero-order valence-corrected chi connectivity index (χ0v) is 10.6. The normalized spacial score (nSPS) is 12.2. The van der Waals surface area contributed by atoms with Crippen molar-refractivity contribution in [3.63, 3.8) is 0 Å². The smallest absolute Gasteiger partial charge is 0.144 e. The summed E-state index contributed by atoms with van der Waals surface area (Å²) in [7, 11) is 0. The van der Waals surface area contributed by atoms with Gasteiger partial charge in [-0.3, -0.25) is 0 Å². The van der Waals surface area contributed by atoms with Gasteiger partial charge in [0.2, 0.25) is 0 Å². The number of aryl methyl sites for hydroxylation is 1. The van der Waals surface area contributed by atoms with E-state index in [0.717, 1.165) is 12.0 Å². The molecule has 4 heteroatoms. The average Bonchev–Trinajstić information content (AvgIpc) is 2.28. The van der Waals surface area contributed by atoms with E-state index in [9.17, 15) is 5.11 Å². The molecule has 0 bridgehead atoms. The maximum Gasteiger partial charge on any atom is 0.144 e. The SMILES string of the molecule is Cc1ccnc(NC(CO)CC(C)C)c1C#N. The summed E-state index contributed by atoms with van der Waals surface area (Å²) in [5, 5.41) is 21.5. The molecule has 17 heavy (non-hydrogen) atoms. The third kappa shape index (κ3) is 3.72. The van der Waals surface area contributed by atoms with Crippen LogP contribution in [0.15, 0.2) is 12.3 Å². The van der Waals surface area contributed by atoms with Crippen LogP contribution in [-0.4, -0.2) is 22.7 Å². The predicted octanol–water partition coefficient (Wildman–Crippen LogP) is 2.08. The molecule has 0 aliphatic rings. The molecule has 0 fully saturated rings. The summed E-state index contributed by atoms with van der Waals surface area (Å²) >= 11 is 0. The number of nitrogens with zero attached hydrogens (tertiary/aromatic N) is 2. The Morgan fingerprint density at radius 2 is 2.24 bits per heavy atom. The van der Waals surface area contributed by atoms with Gasteiger partial charge in [-0.05, 0) is 30.9 Å². The van der Waals surface area contributed by atoms with Gasteiger partial charge in [0.15, 0.2) is 0 Å². The lowest BCUT2D eigenvalue weighted by atomic mass is 10.0. The van der Waals surface area contributed by atoms with E-state index in [-0.39, 0.29) is 12.6 Å². The van der Waals surface area contributed by atoms with Gasteiger partial charge in [-0.2, -0.15) is 5.26 Å². The van der Waals surface area contributed by atoms with Crippen LogP contribution < -0.4 is 5.32 Å². The van der Waals surface area contributed by atoms with Crippen LogP contribution in [0.5, 0.6) is 0 Å². The summed E-state index contributed by atoms with van der Waals surface area (Å²) < 4.78 is 0. The monoisotopic (exact) mass is 233 g/mol. The van der Waals surface area contributed by atoms with Crippen LogP contribution in [0.2, 0.25) is 0 Å². The molecule has 1 heterocycles. The molecule has 0 radical (unpaired) electrons. The molecule has 1 aromatic rings. The molecular weight excluding hydrogens is 214 g/mol. The number of hydrogen-bond donors (Lipinski definition) is 2. The molecule has 0 saturated carbocycles. The molecule has 0 aliphatic carbocycles. The first-order valence-electron chi connectivity index (χ1n) is 5.81. The highest BCUT2D eigenvalue weighted by Crippen LogP contribution is 2.17. The molecular formula is C13H19N3O. The fourth-order valence-corrected chi connectivity index (χ4v) is 1.75. The van der Waals surface area contributed by atoms with Crippen molar-refractivity contribution in [2.24, 2.45) is 5.92 Å². The van der Waals surface area contributed by atoms with E-state index in [2.05, 4.69) is 30.2 Å². The highest BCUT2D eigenvalue weighted by molar-refractivity contribution is 5.55. The van der Waals surface area contributed by atoms with Gasteiger partial charge in [0, 0.05) is 6.20 Å². The average molecular weight is 233 g/mol. The van der Waals surface area contributed by atoms with E-state index in [4.69, 9.17) is 5.26 Å². The summed E-state index contributed by atoms with van der Waals surface area (Å²) in [5.74, 6) is 1.04. The first-order chi connectivity index (χ1) is 8.08. The number of aliphatic hydroxyl groups is 1. The van der Waals surface area contributed by atoms with Gasteiger partial charge in [-0.25, -0.2) is 4.98 Å². The number of aliphatic hydroxyl groups excluding tert-OH is 1. The van der Waals surface area contributed by atoms with Crippen molar-refractivity contribution < 1.29 is 5.11 Å². The minimum Gasteiger partial charge on any atom is -0.394 e. The first kappa shape index (κ1) is 13.5. The second kappa shape index (κ2) is 6.21. The van der Waals surface area contributed by atoms with Crippen molar-refractivity contribution in [1.82, 2.24) is 4.98 Å². The number of pyridine rings is 1. The number of aromatic nitrogens is 1. The molecule has 1 rings (SSSR count). The molecule has 0 amide bonds.